The summed E-state index contributed by atoms with van der Waals surface area (Å²) < 4.78 is 0. The van der Waals surface area contributed by atoms with Crippen LogP contribution in [0.5, 0.6) is 0 Å². The minimum atomic E-state index is -0.00243. The summed E-state index contributed by atoms with van der Waals surface area (Å²) in [7, 11) is 1.75. The van der Waals surface area contributed by atoms with Crippen molar-refractivity contribution < 1.29 is 9.59 Å². The zero-order chi connectivity index (χ0) is 18.1. The van der Waals surface area contributed by atoms with Gasteiger partial charge in [-0.15, -0.1) is 0 Å². The summed E-state index contributed by atoms with van der Waals surface area (Å²) in [6, 6.07) is 0. The molecule has 0 bridgehead atoms. The number of hydrogen-bond donors (Lipinski definition) is 1. The molecule has 4 rings (SSSR count). The van der Waals surface area contributed by atoms with Crippen LogP contribution in [0.2, 0.25) is 0 Å². The Kier molecular flexibility index (Phi) is 4.54. The standard InChI is InChI=1S/C19H27N5O2/c1-20-18-21-9-15(10-22-18)17(26)23-8-2-6-19(12-23)7-5-16(25)24(13-19)11-14-3-4-14/h9-10,14H,2-8,11-13H2,1H3,(H,20,21,22)/t19-/m1/s1. The van der Waals surface area contributed by atoms with E-state index < -0.39 is 0 Å². The molecule has 26 heavy (non-hydrogen) atoms. The number of carbonyl (C=O) groups excluding carboxylic acids is 2. The maximum atomic E-state index is 12.9. The van der Waals surface area contributed by atoms with Crippen LogP contribution in [0.3, 0.4) is 0 Å². The first-order chi connectivity index (χ1) is 12.6. The highest BCUT2D eigenvalue weighted by Crippen LogP contribution is 2.40. The molecule has 0 radical (unpaired) electrons. The van der Waals surface area contributed by atoms with Crippen LogP contribution >= 0.6 is 0 Å². The third-order valence-electron chi connectivity index (χ3n) is 5.99. The van der Waals surface area contributed by atoms with Crippen molar-refractivity contribution in [3.63, 3.8) is 0 Å². The fraction of sp³-hybridized carbons (Fsp3) is 0.684. The highest BCUT2D eigenvalue weighted by Gasteiger charge is 2.43. The Hall–Kier alpha value is -2.18. The summed E-state index contributed by atoms with van der Waals surface area (Å²) in [5.74, 6) is 1.51. The summed E-state index contributed by atoms with van der Waals surface area (Å²) in [5.41, 5.74) is 0.588. The molecule has 3 heterocycles. The molecule has 3 fully saturated rings. The quantitative estimate of drug-likeness (QED) is 0.889. The predicted octanol–water partition coefficient (Wildman–Crippen LogP) is 1.77. The van der Waals surface area contributed by atoms with Gasteiger partial charge < -0.3 is 15.1 Å². The van der Waals surface area contributed by atoms with Gasteiger partial charge in [0.15, 0.2) is 0 Å². The maximum Gasteiger partial charge on any atom is 0.257 e. The average molecular weight is 357 g/mol. The van der Waals surface area contributed by atoms with Gasteiger partial charge in [0, 0.05) is 57.5 Å². The maximum absolute atomic E-state index is 12.9. The summed E-state index contributed by atoms with van der Waals surface area (Å²) >= 11 is 0. The van der Waals surface area contributed by atoms with Gasteiger partial charge in [-0.05, 0) is 38.0 Å². The molecule has 0 unspecified atom stereocenters. The van der Waals surface area contributed by atoms with Crippen molar-refractivity contribution >= 4 is 17.8 Å². The second-order valence-corrected chi connectivity index (χ2v) is 8.09. The van der Waals surface area contributed by atoms with Crippen molar-refractivity contribution in [3.05, 3.63) is 18.0 Å². The molecule has 1 saturated carbocycles. The average Bonchev–Trinajstić information content (AvgIpc) is 3.49. The van der Waals surface area contributed by atoms with E-state index in [4.69, 9.17) is 0 Å². The van der Waals surface area contributed by atoms with Gasteiger partial charge >= 0.3 is 0 Å². The number of anilines is 1. The first-order valence-corrected chi connectivity index (χ1v) is 9.65. The van der Waals surface area contributed by atoms with Crippen LogP contribution < -0.4 is 5.32 Å². The van der Waals surface area contributed by atoms with E-state index in [0.717, 1.165) is 45.4 Å². The number of carbonyl (C=O) groups is 2. The van der Waals surface area contributed by atoms with Crippen LogP contribution in [0.4, 0.5) is 5.95 Å². The van der Waals surface area contributed by atoms with E-state index in [0.29, 0.717) is 29.8 Å². The molecular formula is C19H27N5O2. The SMILES string of the molecule is CNc1ncc(C(=O)N2CCC[C@@]3(CCC(=O)N(CC4CC4)C3)C2)cn1. The Morgan fingerprint density at radius 2 is 2.04 bits per heavy atom. The van der Waals surface area contributed by atoms with Crippen molar-refractivity contribution in [1.82, 2.24) is 19.8 Å². The second-order valence-electron chi connectivity index (χ2n) is 8.09. The number of aromatic nitrogens is 2. The zero-order valence-corrected chi connectivity index (χ0v) is 15.4. The van der Waals surface area contributed by atoms with E-state index in [-0.39, 0.29) is 11.3 Å². The molecule has 2 amide bonds. The number of nitrogens with one attached hydrogen (secondary N) is 1. The van der Waals surface area contributed by atoms with Gasteiger partial charge in [-0.2, -0.15) is 0 Å². The Bertz CT molecular complexity index is 688. The number of hydrogen-bond acceptors (Lipinski definition) is 5. The predicted molar refractivity (Wildman–Crippen MR) is 97.7 cm³/mol. The van der Waals surface area contributed by atoms with Crippen molar-refractivity contribution in [2.24, 2.45) is 11.3 Å². The minimum absolute atomic E-state index is 0.00243. The van der Waals surface area contributed by atoms with Gasteiger partial charge in [-0.25, -0.2) is 9.97 Å². The highest BCUT2D eigenvalue weighted by atomic mass is 16.2. The zero-order valence-electron chi connectivity index (χ0n) is 15.4. The highest BCUT2D eigenvalue weighted by molar-refractivity contribution is 5.93. The third-order valence-corrected chi connectivity index (χ3v) is 5.99. The lowest BCUT2D eigenvalue weighted by atomic mass is 9.73. The molecule has 1 atom stereocenters. The van der Waals surface area contributed by atoms with E-state index in [1.165, 1.54) is 12.8 Å². The normalized spacial score (nSPS) is 26.3. The summed E-state index contributed by atoms with van der Waals surface area (Å²) in [6.07, 6.45) is 9.29. The first-order valence-electron chi connectivity index (χ1n) is 9.65. The first kappa shape index (κ1) is 17.2. The molecule has 3 aliphatic rings. The molecule has 1 spiro atoms. The van der Waals surface area contributed by atoms with Crippen LogP contribution in [0.15, 0.2) is 12.4 Å². The Balaban J connectivity index is 1.45. The van der Waals surface area contributed by atoms with E-state index >= 15 is 0 Å². The van der Waals surface area contributed by atoms with E-state index in [1.807, 2.05) is 4.90 Å². The van der Waals surface area contributed by atoms with Crippen LogP contribution in [-0.2, 0) is 4.79 Å². The largest absolute Gasteiger partial charge is 0.357 e. The van der Waals surface area contributed by atoms with Gasteiger partial charge in [0.2, 0.25) is 11.9 Å². The Morgan fingerprint density at radius 3 is 2.73 bits per heavy atom. The van der Waals surface area contributed by atoms with Gasteiger partial charge in [0.25, 0.3) is 5.91 Å². The summed E-state index contributed by atoms with van der Waals surface area (Å²) in [4.78, 5) is 37.5. The lowest BCUT2D eigenvalue weighted by Crippen LogP contribution is -2.55. The molecule has 2 saturated heterocycles. The van der Waals surface area contributed by atoms with Crippen LogP contribution in [0.1, 0.15) is 48.9 Å². The topological polar surface area (TPSA) is 78.4 Å². The minimum Gasteiger partial charge on any atom is -0.357 e. The lowest BCUT2D eigenvalue weighted by Gasteiger charge is -2.48. The third kappa shape index (κ3) is 3.52. The van der Waals surface area contributed by atoms with Gasteiger partial charge in [-0.3, -0.25) is 9.59 Å². The fourth-order valence-corrected chi connectivity index (χ4v) is 4.35. The van der Waals surface area contributed by atoms with Gasteiger partial charge in [0.1, 0.15) is 0 Å². The molecule has 2 aliphatic heterocycles. The molecule has 1 aliphatic carbocycles. The summed E-state index contributed by atoms with van der Waals surface area (Å²) in [6.45, 7) is 3.22. The Labute approximate surface area is 154 Å². The van der Waals surface area contributed by atoms with E-state index in [2.05, 4.69) is 20.2 Å². The van der Waals surface area contributed by atoms with E-state index in [9.17, 15) is 9.59 Å². The second kappa shape index (κ2) is 6.85. The molecule has 1 aromatic heterocycles. The molecule has 7 nitrogen and oxygen atoms in total. The number of likely N-dealkylation sites (tertiary alicyclic amines) is 2. The molecule has 1 N–H and O–H groups in total. The number of amides is 2. The molecule has 1 aromatic rings. The number of piperidine rings is 2. The monoisotopic (exact) mass is 357 g/mol. The van der Waals surface area contributed by atoms with Crippen LogP contribution in [-0.4, -0.2) is 64.8 Å². The lowest BCUT2D eigenvalue weighted by molar-refractivity contribution is -0.139. The summed E-state index contributed by atoms with van der Waals surface area (Å²) in [5, 5.41) is 2.86. The molecule has 0 aromatic carbocycles. The van der Waals surface area contributed by atoms with Crippen LogP contribution in [0, 0.1) is 11.3 Å². The van der Waals surface area contributed by atoms with E-state index in [1.54, 1.807) is 19.4 Å². The number of nitrogens with zero attached hydrogens (tertiary/aromatic N) is 4. The van der Waals surface area contributed by atoms with Crippen molar-refractivity contribution in [3.8, 4) is 0 Å². The molecule has 140 valence electrons. The molecule has 7 heteroatoms. The number of rotatable bonds is 4. The Morgan fingerprint density at radius 1 is 1.27 bits per heavy atom. The molecular weight excluding hydrogens is 330 g/mol. The fourth-order valence-electron chi connectivity index (χ4n) is 4.35. The van der Waals surface area contributed by atoms with Gasteiger partial charge in [-0.1, -0.05) is 0 Å². The van der Waals surface area contributed by atoms with Crippen molar-refractivity contribution in [1.29, 1.82) is 0 Å². The van der Waals surface area contributed by atoms with Crippen LogP contribution in [0.25, 0.3) is 0 Å². The smallest absolute Gasteiger partial charge is 0.257 e. The van der Waals surface area contributed by atoms with Crippen molar-refractivity contribution in [2.45, 2.75) is 38.5 Å². The van der Waals surface area contributed by atoms with Crippen molar-refractivity contribution in [2.75, 3.05) is 38.5 Å². The van der Waals surface area contributed by atoms with Gasteiger partial charge in [0.05, 0.1) is 5.56 Å².